The van der Waals surface area contributed by atoms with Crippen LogP contribution in [0.1, 0.15) is 0 Å². The zero-order valence-corrected chi connectivity index (χ0v) is 16.9. The maximum atomic E-state index is 12.1. The number of nitrogens with zero attached hydrogens (tertiary/aromatic N) is 2. The molecule has 150 valence electrons. The van der Waals surface area contributed by atoms with Crippen LogP contribution in [-0.4, -0.2) is 9.32 Å². The molecule has 0 aliphatic rings. The molecule has 0 atom stereocenters. The van der Waals surface area contributed by atoms with Crippen molar-refractivity contribution in [3.63, 3.8) is 0 Å². The summed E-state index contributed by atoms with van der Waals surface area (Å²) in [5.74, 6) is 0. The molecule has 0 aliphatic heterocycles. The van der Waals surface area contributed by atoms with Crippen LogP contribution >= 0.6 is 0 Å². The molecule has 2 aromatic heterocycles. The Morgan fingerprint density at radius 3 is 2.16 bits per heavy atom. The largest absolute Gasteiger partial charge is 0.308 e. The van der Waals surface area contributed by atoms with Gasteiger partial charge < -0.3 is 4.40 Å². The highest BCUT2D eigenvalue weighted by Gasteiger charge is 2.21. The lowest BCUT2D eigenvalue weighted by atomic mass is 9.97. The molecule has 0 amide bonds. The van der Waals surface area contributed by atoms with E-state index in [0.717, 1.165) is 21.9 Å². The molecule has 32 heavy (non-hydrogen) atoms. The molecule has 4 heteroatoms. The summed E-state index contributed by atoms with van der Waals surface area (Å²) in [5, 5.41) is 18.4. The summed E-state index contributed by atoms with van der Waals surface area (Å²) in [7, 11) is 0. The Balaban J connectivity index is 1.60. The van der Waals surface area contributed by atoms with Gasteiger partial charge in [-0.3, -0.25) is 10.1 Å². The molecule has 0 saturated carbocycles. The van der Waals surface area contributed by atoms with Crippen molar-refractivity contribution in [1.82, 2.24) is 4.40 Å². The topological polar surface area (TPSA) is 47.5 Å². The quantitative estimate of drug-likeness (QED) is 0.217. The minimum atomic E-state index is -0.261. The van der Waals surface area contributed by atoms with Crippen molar-refractivity contribution in [3.05, 3.63) is 107 Å². The van der Waals surface area contributed by atoms with Crippen molar-refractivity contribution >= 4 is 54.6 Å². The van der Waals surface area contributed by atoms with Crippen molar-refractivity contribution in [2.24, 2.45) is 0 Å². The Labute approximate surface area is 182 Å². The first-order valence-corrected chi connectivity index (χ1v) is 10.6. The Morgan fingerprint density at radius 1 is 0.625 bits per heavy atom. The fourth-order valence-electron chi connectivity index (χ4n) is 5.29. The second-order valence-electron chi connectivity index (χ2n) is 8.23. The number of aromatic nitrogens is 1. The lowest BCUT2D eigenvalue weighted by molar-refractivity contribution is -0.382. The molecule has 0 spiro atoms. The summed E-state index contributed by atoms with van der Waals surface area (Å²) in [5.41, 5.74) is 5.15. The van der Waals surface area contributed by atoms with E-state index in [1.807, 2.05) is 42.5 Å². The second kappa shape index (κ2) is 6.05. The zero-order valence-electron chi connectivity index (χ0n) is 16.9. The maximum Gasteiger partial charge on any atom is 0.284 e. The van der Waals surface area contributed by atoms with Gasteiger partial charge in [0, 0.05) is 21.5 Å². The second-order valence-corrected chi connectivity index (χ2v) is 8.23. The fraction of sp³-hybridized carbons (Fsp3) is 0. The van der Waals surface area contributed by atoms with Crippen LogP contribution in [0.3, 0.4) is 0 Å². The van der Waals surface area contributed by atoms with Gasteiger partial charge in [0.1, 0.15) is 0 Å². The summed E-state index contributed by atoms with van der Waals surface area (Å²) in [4.78, 5) is 11.8. The number of hydrogen-bond donors (Lipinski definition) is 0. The first-order valence-electron chi connectivity index (χ1n) is 10.6. The predicted molar refractivity (Wildman–Crippen MR) is 131 cm³/mol. The van der Waals surface area contributed by atoms with E-state index in [2.05, 4.69) is 59.0 Å². The molecule has 0 fully saturated rings. The molecule has 2 heterocycles. The van der Waals surface area contributed by atoms with Crippen molar-refractivity contribution in [2.45, 2.75) is 0 Å². The standard InChI is InChI=1S/C28H16N2O2/c31-30(32)28-19-7-2-1-6-17(19)12-14-20(28)18-13-15-26-24(16-18)23-10-5-9-22-21-8-3-4-11-25(21)29(26)27(22)23/h1-16H. The first-order chi connectivity index (χ1) is 15.7. The van der Waals surface area contributed by atoms with E-state index >= 15 is 0 Å². The summed E-state index contributed by atoms with van der Waals surface area (Å²) in [6, 6.07) is 32.4. The van der Waals surface area contributed by atoms with Gasteiger partial charge in [0.05, 0.1) is 32.4 Å². The maximum absolute atomic E-state index is 12.1. The van der Waals surface area contributed by atoms with Gasteiger partial charge in [-0.1, -0.05) is 66.7 Å². The number of rotatable bonds is 2. The molecule has 4 nitrogen and oxygen atoms in total. The zero-order chi connectivity index (χ0) is 21.4. The Morgan fingerprint density at radius 2 is 1.31 bits per heavy atom. The number of nitro groups is 1. The lowest BCUT2D eigenvalue weighted by Crippen LogP contribution is -1.94. The van der Waals surface area contributed by atoms with Crippen LogP contribution in [-0.2, 0) is 0 Å². The van der Waals surface area contributed by atoms with E-state index in [1.54, 1.807) is 0 Å². The van der Waals surface area contributed by atoms with Crippen molar-refractivity contribution in [3.8, 4) is 11.1 Å². The molecule has 7 aromatic rings. The molecule has 0 aliphatic carbocycles. The monoisotopic (exact) mass is 412 g/mol. The van der Waals surface area contributed by atoms with Gasteiger partial charge in [0.2, 0.25) is 0 Å². The van der Waals surface area contributed by atoms with Crippen molar-refractivity contribution in [1.29, 1.82) is 0 Å². The SMILES string of the molecule is O=[N+]([O-])c1c(-c2ccc3c(c2)c2cccc4c5ccccc5n3c42)ccc2ccccc12. The van der Waals surface area contributed by atoms with Crippen molar-refractivity contribution in [2.75, 3.05) is 0 Å². The summed E-state index contributed by atoms with van der Waals surface area (Å²) in [6.45, 7) is 0. The van der Waals surface area contributed by atoms with Crippen molar-refractivity contribution < 1.29 is 4.92 Å². The average molecular weight is 412 g/mol. The number of hydrogen-bond acceptors (Lipinski definition) is 2. The van der Waals surface area contributed by atoms with E-state index in [-0.39, 0.29) is 10.6 Å². The molecular formula is C28H16N2O2. The van der Waals surface area contributed by atoms with E-state index in [4.69, 9.17) is 0 Å². The third kappa shape index (κ3) is 2.11. The average Bonchev–Trinajstić information content (AvgIpc) is 3.35. The van der Waals surface area contributed by atoms with Gasteiger partial charge >= 0.3 is 0 Å². The normalized spacial score (nSPS) is 12.0. The highest BCUT2D eigenvalue weighted by Crippen LogP contribution is 2.42. The highest BCUT2D eigenvalue weighted by atomic mass is 16.6. The van der Waals surface area contributed by atoms with Gasteiger partial charge in [-0.2, -0.15) is 0 Å². The van der Waals surface area contributed by atoms with Gasteiger partial charge in [-0.05, 0) is 41.3 Å². The van der Waals surface area contributed by atoms with E-state index in [1.165, 1.54) is 27.2 Å². The number of benzene rings is 5. The minimum absolute atomic E-state index is 0.157. The third-order valence-electron chi connectivity index (χ3n) is 6.62. The van der Waals surface area contributed by atoms with Crippen LogP contribution in [0.25, 0.3) is 60.0 Å². The highest BCUT2D eigenvalue weighted by molar-refractivity contribution is 6.23. The van der Waals surface area contributed by atoms with Gasteiger partial charge in [0.25, 0.3) is 5.69 Å². The van der Waals surface area contributed by atoms with Crippen LogP contribution in [0.2, 0.25) is 0 Å². The first kappa shape index (κ1) is 17.3. The molecular weight excluding hydrogens is 396 g/mol. The Bertz CT molecular complexity index is 1860. The van der Waals surface area contributed by atoms with Crippen LogP contribution in [0.5, 0.6) is 0 Å². The summed E-state index contributed by atoms with van der Waals surface area (Å²) < 4.78 is 2.31. The summed E-state index contributed by atoms with van der Waals surface area (Å²) >= 11 is 0. The van der Waals surface area contributed by atoms with Crippen LogP contribution in [0.15, 0.2) is 97.1 Å². The van der Waals surface area contributed by atoms with E-state index in [9.17, 15) is 10.1 Å². The predicted octanol–water partition coefficient (Wildman–Crippen LogP) is 7.57. The van der Waals surface area contributed by atoms with Gasteiger partial charge in [-0.15, -0.1) is 0 Å². The Hall–Kier alpha value is -4.44. The van der Waals surface area contributed by atoms with E-state index in [0.29, 0.717) is 10.9 Å². The van der Waals surface area contributed by atoms with Crippen LogP contribution < -0.4 is 0 Å². The number of nitro benzene ring substituents is 1. The van der Waals surface area contributed by atoms with Gasteiger partial charge in [-0.25, -0.2) is 0 Å². The van der Waals surface area contributed by atoms with Gasteiger partial charge in [0.15, 0.2) is 0 Å². The van der Waals surface area contributed by atoms with Crippen LogP contribution in [0, 0.1) is 10.1 Å². The molecule has 7 rings (SSSR count). The third-order valence-corrected chi connectivity index (χ3v) is 6.62. The molecule has 0 radical (unpaired) electrons. The molecule has 0 bridgehead atoms. The Kier molecular flexibility index (Phi) is 3.26. The van der Waals surface area contributed by atoms with E-state index < -0.39 is 0 Å². The fourth-order valence-corrected chi connectivity index (χ4v) is 5.29. The number of fused-ring (bicyclic) bond motifs is 7. The molecule has 5 aromatic carbocycles. The molecule has 0 N–H and O–H groups in total. The molecule has 0 saturated heterocycles. The summed E-state index contributed by atoms with van der Waals surface area (Å²) in [6.07, 6.45) is 0. The smallest absolute Gasteiger partial charge is 0.284 e. The number of para-hydroxylation sites is 2. The minimum Gasteiger partial charge on any atom is -0.308 e. The van der Waals surface area contributed by atoms with Crippen LogP contribution in [0.4, 0.5) is 5.69 Å². The lowest BCUT2D eigenvalue weighted by Gasteiger charge is -2.07. The molecule has 0 unspecified atom stereocenters.